The summed E-state index contributed by atoms with van der Waals surface area (Å²) in [6.45, 7) is 3.61. The molecular formula is C8H10BIO2S. The lowest BCUT2D eigenvalue weighted by atomic mass is 10.2. The van der Waals surface area contributed by atoms with Crippen molar-refractivity contribution in [3.05, 3.63) is 29.8 Å². The van der Waals surface area contributed by atoms with Crippen molar-refractivity contribution in [2.45, 2.75) is 18.6 Å². The Bertz CT molecular complexity index is 383. The third-order valence-electron chi connectivity index (χ3n) is 1.78. The molecule has 5 heteroatoms. The maximum absolute atomic E-state index is 11.6. The standard InChI is InChI=1S/C8H10BIO2S/c1-7-3-5-8(6-4-7)13(11,12)9(2)10/h3-6H,1-2H3. The van der Waals surface area contributed by atoms with Crippen LogP contribution in [0.25, 0.3) is 0 Å². The molecule has 13 heavy (non-hydrogen) atoms. The highest BCUT2D eigenvalue weighted by Gasteiger charge is 2.24. The molecule has 0 amide bonds. The van der Waals surface area contributed by atoms with E-state index in [9.17, 15) is 8.42 Å². The van der Waals surface area contributed by atoms with E-state index in [-0.39, 0.29) is 3.85 Å². The number of hydrogen-bond acceptors (Lipinski definition) is 2. The van der Waals surface area contributed by atoms with Gasteiger partial charge in [-0.15, -0.1) is 22.4 Å². The highest BCUT2D eigenvalue weighted by molar-refractivity contribution is 14.1. The molecule has 0 unspecified atom stereocenters. The van der Waals surface area contributed by atoms with Gasteiger partial charge < -0.3 is 0 Å². The Balaban J connectivity index is 3.17. The Morgan fingerprint density at radius 1 is 1.23 bits per heavy atom. The molecule has 0 atom stereocenters. The largest absolute Gasteiger partial charge is 0.364 e. The first-order chi connectivity index (χ1) is 5.94. The average molecular weight is 308 g/mol. The lowest BCUT2D eigenvalue weighted by Crippen LogP contribution is -2.15. The van der Waals surface area contributed by atoms with Crippen molar-refractivity contribution < 1.29 is 8.42 Å². The first kappa shape index (κ1) is 11.0. The highest BCUT2D eigenvalue weighted by atomic mass is 127. The second-order valence-corrected chi connectivity index (χ2v) is 7.88. The predicted octanol–water partition coefficient (Wildman–Crippen LogP) is 2.32. The zero-order valence-electron chi connectivity index (χ0n) is 7.49. The van der Waals surface area contributed by atoms with Gasteiger partial charge in [0.25, 0.3) is 0 Å². The van der Waals surface area contributed by atoms with Crippen LogP contribution in [-0.2, 0) is 9.69 Å². The summed E-state index contributed by atoms with van der Waals surface area (Å²) < 4.78 is 22.9. The van der Waals surface area contributed by atoms with Crippen LogP contribution in [0.1, 0.15) is 5.56 Å². The number of hydrogen-bond donors (Lipinski definition) is 0. The monoisotopic (exact) mass is 308 g/mol. The van der Waals surface area contributed by atoms with E-state index in [1.165, 1.54) is 0 Å². The summed E-state index contributed by atoms with van der Waals surface area (Å²) in [5.74, 6) is 0. The predicted molar refractivity (Wildman–Crippen MR) is 64.0 cm³/mol. The molecular weight excluding hydrogens is 298 g/mol. The number of rotatable bonds is 2. The van der Waals surface area contributed by atoms with E-state index in [2.05, 4.69) is 0 Å². The molecule has 70 valence electrons. The minimum absolute atomic E-state index is 0.382. The van der Waals surface area contributed by atoms with Gasteiger partial charge in [0.05, 0.1) is 4.90 Å². The third-order valence-corrected chi connectivity index (χ3v) is 5.57. The summed E-state index contributed by atoms with van der Waals surface area (Å²) in [7, 11) is -3.11. The summed E-state index contributed by atoms with van der Waals surface area (Å²) in [5.41, 5.74) is 1.07. The molecule has 0 bridgehead atoms. The molecule has 0 aliphatic carbocycles. The van der Waals surface area contributed by atoms with Gasteiger partial charge >= 0.3 is 3.85 Å². The minimum atomic E-state index is -3.11. The Morgan fingerprint density at radius 2 is 1.69 bits per heavy atom. The SMILES string of the molecule is CB(I)S(=O)(=O)c1ccc(C)cc1. The molecule has 1 aromatic rings. The first-order valence-electron chi connectivity index (χ1n) is 3.89. The molecule has 1 aromatic carbocycles. The number of benzene rings is 1. The van der Waals surface area contributed by atoms with Gasteiger partial charge in [0.2, 0.25) is 0 Å². The molecule has 0 fully saturated rings. The Kier molecular flexibility index (Phi) is 3.40. The van der Waals surface area contributed by atoms with Crippen LogP contribution >= 0.6 is 22.4 Å². The quantitative estimate of drug-likeness (QED) is 0.621. The molecule has 0 aliphatic rings. The van der Waals surface area contributed by atoms with Gasteiger partial charge in [0.1, 0.15) is 9.69 Å². The van der Waals surface area contributed by atoms with Gasteiger partial charge in [-0.2, -0.15) is 0 Å². The Labute approximate surface area is 92.5 Å². The summed E-state index contributed by atoms with van der Waals surface area (Å²) in [4.78, 5) is 0.403. The van der Waals surface area contributed by atoms with Crippen molar-refractivity contribution in [2.75, 3.05) is 0 Å². The van der Waals surface area contributed by atoms with E-state index in [1.54, 1.807) is 19.0 Å². The lowest BCUT2D eigenvalue weighted by Gasteiger charge is -2.03. The van der Waals surface area contributed by atoms with Crippen molar-refractivity contribution in [1.29, 1.82) is 0 Å². The fraction of sp³-hybridized carbons (Fsp3) is 0.250. The minimum Gasteiger partial charge on any atom is -0.235 e. The third kappa shape index (κ3) is 2.46. The van der Waals surface area contributed by atoms with Gasteiger partial charge in [-0.05, 0) is 19.1 Å². The van der Waals surface area contributed by atoms with Gasteiger partial charge in [0, 0.05) is 0 Å². The number of aryl methyl sites for hydroxylation is 1. The first-order valence-corrected chi connectivity index (χ1v) is 6.68. The van der Waals surface area contributed by atoms with Crippen molar-refractivity contribution in [3.8, 4) is 0 Å². The summed E-state index contributed by atoms with van der Waals surface area (Å²) >= 11 is 1.91. The van der Waals surface area contributed by atoms with Crippen LogP contribution < -0.4 is 0 Å². The van der Waals surface area contributed by atoms with Gasteiger partial charge in [-0.25, -0.2) is 8.42 Å². The van der Waals surface area contributed by atoms with Gasteiger partial charge in [-0.1, -0.05) is 24.5 Å². The van der Waals surface area contributed by atoms with Crippen LogP contribution in [0, 0.1) is 6.92 Å². The van der Waals surface area contributed by atoms with Crippen LogP contribution in [-0.4, -0.2) is 12.3 Å². The van der Waals surface area contributed by atoms with Crippen molar-refractivity contribution >= 4 is 35.9 Å². The molecule has 0 radical (unpaired) electrons. The molecule has 2 nitrogen and oxygen atoms in total. The molecule has 0 spiro atoms. The van der Waals surface area contributed by atoms with Crippen LogP contribution in [0.3, 0.4) is 0 Å². The number of halogens is 1. The second-order valence-electron chi connectivity index (χ2n) is 2.90. The lowest BCUT2D eigenvalue weighted by molar-refractivity contribution is 0.609. The molecule has 0 saturated carbocycles. The normalized spacial score (nSPS) is 11.3. The molecule has 0 heterocycles. The fourth-order valence-corrected chi connectivity index (χ4v) is 2.69. The van der Waals surface area contributed by atoms with Gasteiger partial charge in [0.15, 0.2) is 0 Å². The zero-order chi connectivity index (χ0) is 10.1. The van der Waals surface area contributed by atoms with E-state index < -0.39 is 9.69 Å². The topological polar surface area (TPSA) is 34.1 Å². The van der Waals surface area contributed by atoms with E-state index in [1.807, 2.05) is 41.4 Å². The molecule has 0 saturated heterocycles. The highest BCUT2D eigenvalue weighted by Crippen LogP contribution is 2.17. The summed E-state index contributed by atoms with van der Waals surface area (Å²) in [6, 6.07) is 6.93. The fourth-order valence-electron chi connectivity index (χ4n) is 0.915. The van der Waals surface area contributed by atoms with E-state index in [0.29, 0.717) is 4.90 Å². The molecule has 1 rings (SSSR count). The van der Waals surface area contributed by atoms with E-state index in [0.717, 1.165) is 5.56 Å². The summed E-state index contributed by atoms with van der Waals surface area (Å²) in [5, 5.41) is 0. The maximum atomic E-state index is 11.6. The molecule has 0 aliphatic heterocycles. The van der Waals surface area contributed by atoms with E-state index in [4.69, 9.17) is 0 Å². The van der Waals surface area contributed by atoms with Crippen LogP contribution in [0.15, 0.2) is 29.2 Å². The maximum Gasteiger partial charge on any atom is 0.364 e. The van der Waals surface area contributed by atoms with Crippen LogP contribution in [0.5, 0.6) is 0 Å². The van der Waals surface area contributed by atoms with Crippen molar-refractivity contribution in [2.24, 2.45) is 0 Å². The van der Waals surface area contributed by atoms with Gasteiger partial charge in [-0.3, -0.25) is 0 Å². The van der Waals surface area contributed by atoms with E-state index >= 15 is 0 Å². The van der Waals surface area contributed by atoms with Crippen molar-refractivity contribution in [1.82, 2.24) is 0 Å². The Hall–Kier alpha value is -0.0351. The second kappa shape index (κ2) is 4.00. The van der Waals surface area contributed by atoms with Crippen LogP contribution in [0.4, 0.5) is 0 Å². The molecule has 0 N–H and O–H groups in total. The smallest absolute Gasteiger partial charge is 0.235 e. The summed E-state index contributed by atoms with van der Waals surface area (Å²) in [6.07, 6.45) is 0. The van der Waals surface area contributed by atoms with Crippen molar-refractivity contribution in [3.63, 3.8) is 0 Å². The zero-order valence-corrected chi connectivity index (χ0v) is 10.5. The Morgan fingerprint density at radius 3 is 2.08 bits per heavy atom. The molecule has 0 aromatic heterocycles. The average Bonchev–Trinajstić information content (AvgIpc) is 2.04. The van der Waals surface area contributed by atoms with Crippen LogP contribution in [0.2, 0.25) is 6.82 Å².